The summed E-state index contributed by atoms with van der Waals surface area (Å²) in [6, 6.07) is 63.6. The fourth-order valence-corrected chi connectivity index (χ4v) is 9.41. The van der Waals surface area contributed by atoms with Crippen LogP contribution < -0.4 is 14.4 Å². The Morgan fingerprint density at radius 3 is 1.60 bits per heavy atom. The smallest absolute Gasteiger partial charge is 0.155 e. The van der Waals surface area contributed by atoms with Gasteiger partial charge in [0, 0.05) is 0 Å². The van der Waals surface area contributed by atoms with Gasteiger partial charge in [-0.15, -0.1) is 0 Å². The predicted octanol–water partition coefficient (Wildman–Crippen LogP) is 13.0. The van der Waals surface area contributed by atoms with Gasteiger partial charge in [0.25, 0.3) is 0 Å². The summed E-state index contributed by atoms with van der Waals surface area (Å²) in [6.45, 7) is 0. The third kappa shape index (κ3) is 3.49. The molecule has 8 aromatic rings. The average Bonchev–Trinajstić information content (AvgIpc) is 3.68. The third-order valence-electron chi connectivity index (χ3n) is 11.5. The Morgan fingerprint density at radius 2 is 0.846 bits per heavy atom. The molecule has 4 aliphatic rings. The van der Waals surface area contributed by atoms with Crippen molar-refractivity contribution in [3.05, 3.63) is 198 Å². The Morgan fingerprint density at radius 1 is 0.346 bits per heavy atom. The van der Waals surface area contributed by atoms with Crippen molar-refractivity contribution >= 4 is 17.1 Å². The molecule has 242 valence electrons. The van der Waals surface area contributed by atoms with Gasteiger partial charge in [-0.05, 0) is 103 Å². The van der Waals surface area contributed by atoms with E-state index in [2.05, 4.69) is 144 Å². The van der Waals surface area contributed by atoms with Crippen LogP contribution in [0.2, 0.25) is 0 Å². The molecule has 2 heterocycles. The number of para-hydroxylation sites is 3. The molecule has 0 fully saturated rings. The normalized spacial score (nSPS) is 14.2. The summed E-state index contributed by atoms with van der Waals surface area (Å²) in [5.74, 6) is 3.24. The molecular formula is C49H29NO2. The standard InChI is InChI=1S/C49H29NO2/c1-4-15-37-34(11-1)35-12-2-5-16-38(35)49(37)39-17-6-3-13-36(39)47-33(14-9-18-40(47)49)31-25-23-30(24-26-31)32-27-28-42-46(29-32)52-45-22-10-21-44-48(45)50(42)41-19-7-8-20-43(41)51-44/h1-29H. The van der Waals surface area contributed by atoms with Gasteiger partial charge in [-0.25, -0.2) is 0 Å². The summed E-state index contributed by atoms with van der Waals surface area (Å²) in [4.78, 5) is 2.26. The van der Waals surface area contributed by atoms with Crippen molar-refractivity contribution < 1.29 is 9.47 Å². The molecule has 3 heteroatoms. The number of fused-ring (bicyclic) bond motifs is 14. The molecule has 0 radical (unpaired) electrons. The molecule has 0 amide bonds. The molecule has 0 saturated heterocycles. The molecular weight excluding hydrogens is 635 g/mol. The van der Waals surface area contributed by atoms with Crippen molar-refractivity contribution in [1.29, 1.82) is 0 Å². The number of anilines is 3. The van der Waals surface area contributed by atoms with E-state index in [0.717, 1.165) is 51.2 Å². The van der Waals surface area contributed by atoms with Gasteiger partial charge in [0.2, 0.25) is 0 Å². The number of ether oxygens (including phenoxy) is 2. The van der Waals surface area contributed by atoms with Gasteiger partial charge in [-0.1, -0.05) is 140 Å². The number of hydrogen-bond acceptors (Lipinski definition) is 3. The van der Waals surface area contributed by atoms with Gasteiger partial charge >= 0.3 is 0 Å². The molecule has 3 nitrogen and oxygen atoms in total. The Hall–Kier alpha value is -6.84. The van der Waals surface area contributed by atoms with Gasteiger partial charge in [-0.2, -0.15) is 0 Å². The lowest BCUT2D eigenvalue weighted by molar-refractivity contribution is 0.446. The van der Waals surface area contributed by atoms with E-state index in [0.29, 0.717) is 0 Å². The minimum Gasteiger partial charge on any atom is -0.453 e. The first-order valence-electron chi connectivity index (χ1n) is 17.8. The van der Waals surface area contributed by atoms with E-state index >= 15 is 0 Å². The highest BCUT2D eigenvalue weighted by atomic mass is 16.5. The Balaban J connectivity index is 0.972. The van der Waals surface area contributed by atoms with Crippen molar-refractivity contribution in [2.24, 2.45) is 0 Å². The maximum Gasteiger partial charge on any atom is 0.155 e. The predicted molar refractivity (Wildman–Crippen MR) is 208 cm³/mol. The van der Waals surface area contributed by atoms with Crippen LogP contribution in [0.25, 0.3) is 44.5 Å². The van der Waals surface area contributed by atoms with Gasteiger partial charge in [0.1, 0.15) is 5.69 Å². The van der Waals surface area contributed by atoms with Crippen molar-refractivity contribution in [3.8, 4) is 67.5 Å². The van der Waals surface area contributed by atoms with Crippen LogP contribution in [0.1, 0.15) is 22.3 Å². The monoisotopic (exact) mass is 663 g/mol. The second-order valence-electron chi connectivity index (χ2n) is 14.0. The number of nitrogens with zero attached hydrogens (tertiary/aromatic N) is 1. The van der Waals surface area contributed by atoms with Crippen molar-refractivity contribution in [1.82, 2.24) is 0 Å². The van der Waals surface area contributed by atoms with E-state index in [9.17, 15) is 0 Å². The zero-order valence-corrected chi connectivity index (χ0v) is 28.0. The summed E-state index contributed by atoms with van der Waals surface area (Å²) in [6.07, 6.45) is 0. The van der Waals surface area contributed by atoms with Crippen molar-refractivity contribution in [2.75, 3.05) is 4.90 Å². The number of benzene rings is 8. The van der Waals surface area contributed by atoms with Crippen LogP contribution in [0, 0.1) is 0 Å². The maximum atomic E-state index is 6.55. The molecule has 2 aliphatic heterocycles. The summed E-state index contributed by atoms with van der Waals surface area (Å²) in [5.41, 5.74) is 18.0. The molecule has 2 aliphatic carbocycles. The van der Waals surface area contributed by atoms with Gasteiger partial charge in [0.05, 0.1) is 16.8 Å². The fourth-order valence-electron chi connectivity index (χ4n) is 9.41. The first-order valence-corrected chi connectivity index (χ1v) is 17.8. The molecule has 0 N–H and O–H groups in total. The summed E-state index contributed by atoms with van der Waals surface area (Å²) in [5, 5.41) is 0. The Kier molecular flexibility index (Phi) is 5.43. The topological polar surface area (TPSA) is 21.7 Å². The summed E-state index contributed by atoms with van der Waals surface area (Å²) < 4.78 is 12.8. The van der Waals surface area contributed by atoms with Crippen LogP contribution in [0.5, 0.6) is 23.0 Å². The first-order chi connectivity index (χ1) is 25.8. The van der Waals surface area contributed by atoms with Crippen LogP contribution in [-0.2, 0) is 5.41 Å². The second-order valence-corrected chi connectivity index (χ2v) is 14.0. The largest absolute Gasteiger partial charge is 0.453 e. The van der Waals surface area contributed by atoms with Crippen LogP contribution in [0.3, 0.4) is 0 Å². The SMILES string of the molecule is c1ccc2c(c1)Oc1cccc3c1N2c1ccc(-c2ccc(-c4cccc5c4-c4ccccc4C54c5ccccc5-c5ccccc54)cc2)cc1O3. The molecule has 1 spiro atoms. The average molecular weight is 664 g/mol. The maximum absolute atomic E-state index is 6.55. The molecule has 0 atom stereocenters. The Labute approximate surface area is 301 Å². The molecule has 0 saturated carbocycles. The summed E-state index contributed by atoms with van der Waals surface area (Å²) in [7, 11) is 0. The van der Waals surface area contributed by atoms with E-state index in [1.165, 1.54) is 55.6 Å². The van der Waals surface area contributed by atoms with Crippen LogP contribution in [0.4, 0.5) is 17.1 Å². The van der Waals surface area contributed by atoms with Crippen molar-refractivity contribution in [3.63, 3.8) is 0 Å². The van der Waals surface area contributed by atoms with Crippen LogP contribution >= 0.6 is 0 Å². The molecule has 8 aromatic carbocycles. The van der Waals surface area contributed by atoms with Crippen molar-refractivity contribution in [2.45, 2.75) is 5.41 Å². The van der Waals surface area contributed by atoms with E-state index in [4.69, 9.17) is 9.47 Å². The van der Waals surface area contributed by atoms with E-state index in [-0.39, 0.29) is 5.41 Å². The molecule has 0 bridgehead atoms. The molecule has 12 rings (SSSR count). The second kappa shape index (κ2) is 10.1. The molecule has 0 aromatic heterocycles. The van der Waals surface area contributed by atoms with Crippen LogP contribution in [-0.4, -0.2) is 0 Å². The molecule has 52 heavy (non-hydrogen) atoms. The van der Waals surface area contributed by atoms with Gasteiger partial charge < -0.3 is 9.47 Å². The highest BCUT2D eigenvalue weighted by Crippen LogP contribution is 2.64. The first kappa shape index (κ1) is 27.9. The van der Waals surface area contributed by atoms with Gasteiger partial charge in [0.15, 0.2) is 23.0 Å². The fraction of sp³-hybridized carbons (Fsp3) is 0.0204. The molecule has 0 unspecified atom stereocenters. The minimum atomic E-state index is -0.349. The van der Waals surface area contributed by atoms with E-state index < -0.39 is 0 Å². The third-order valence-corrected chi connectivity index (χ3v) is 11.5. The zero-order valence-electron chi connectivity index (χ0n) is 28.0. The van der Waals surface area contributed by atoms with Gasteiger partial charge in [-0.3, -0.25) is 4.90 Å². The number of hydrogen-bond donors (Lipinski definition) is 0. The van der Waals surface area contributed by atoms with Crippen LogP contribution in [0.15, 0.2) is 176 Å². The van der Waals surface area contributed by atoms with E-state index in [1.807, 2.05) is 36.4 Å². The number of rotatable bonds is 2. The highest BCUT2D eigenvalue weighted by Gasteiger charge is 2.52. The lowest BCUT2D eigenvalue weighted by Crippen LogP contribution is -2.25. The summed E-state index contributed by atoms with van der Waals surface area (Å²) >= 11 is 0. The Bertz CT molecular complexity index is 2770. The van der Waals surface area contributed by atoms with E-state index in [1.54, 1.807) is 0 Å². The minimum absolute atomic E-state index is 0.349. The highest BCUT2D eigenvalue weighted by molar-refractivity contribution is 6.00. The lowest BCUT2D eigenvalue weighted by atomic mass is 9.70. The lowest BCUT2D eigenvalue weighted by Gasteiger charge is -2.37. The zero-order chi connectivity index (χ0) is 34.0. The quantitative estimate of drug-likeness (QED) is 0.184.